The molecule has 0 aliphatic heterocycles. The fourth-order valence-electron chi connectivity index (χ4n) is 2.87. The Morgan fingerprint density at radius 3 is 2.58 bits per heavy atom. The molecule has 0 saturated carbocycles. The predicted octanol–water partition coefficient (Wildman–Crippen LogP) is 2.96. The molecule has 0 aliphatic carbocycles. The van der Waals surface area contributed by atoms with Gasteiger partial charge in [0.2, 0.25) is 0 Å². The highest BCUT2D eigenvalue weighted by Crippen LogP contribution is 2.22. The van der Waals surface area contributed by atoms with Crippen LogP contribution in [0.25, 0.3) is 11.0 Å². The smallest absolute Gasteiger partial charge is 0.336 e. The molecule has 5 heteroatoms. The van der Waals surface area contributed by atoms with Crippen LogP contribution < -0.4 is 10.4 Å². The first-order valence-electron chi connectivity index (χ1n) is 8.61. The summed E-state index contributed by atoms with van der Waals surface area (Å²) >= 11 is 0. The molecular formula is C19H27NO4. The van der Waals surface area contributed by atoms with Gasteiger partial charge in [-0.15, -0.1) is 0 Å². The zero-order valence-corrected chi connectivity index (χ0v) is 14.7. The largest absolute Gasteiger partial charge is 0.491 e. The van der Waals surface area contributed by atoms with Crippen LogP contribution in [-0.4, -0.2) is 42.4 Å². The van der Waals surface area contributed by atoms with Crippen LogP contribution in [0.15, 0.2) is 33.5 Å². The average molecular weight is 333 g/mol. The quantitative estimate of drug-likeness (QED) is 0.715. The van der Waals surface area contributed by atoms with E-state index in [1.165, 1.54) is 6.07 Å². The molecule has 0 spiro atoms. The maximum absolute atomic E-state index is 11.5. The van der Waals surface area contributed by atoms with Gasteiger partial charge in [0.1, 0.15) is 24.0 Å². The number of aryl methyl sites for hydroxylation is 1. The average Bonchev–Trinajstić information content (AvgIpc) is 2.53. The van der Waals surface area contributed by atoms with Crippen LogP contribution in [0.5, 0.6) is 5.75 Å². The Labute approximate surface area is 142 Å². The summed E-state index contributed by atoms with van der Waals surface area (Å²) in [5.74, 6) is 0.591. The van der Waals surface area contributed by atoms with E-state index in [2.05, 4.69) is 18.7 Å². The van der Waals surface area contributed by atoms with Crippen molar-refractivity contribution in [2.24, 2.45) is 0 Å². The van der Waals surface area contributed by atoms with Gasteiger partial charge in [-0.2, -0.15) is 0 Å². The lowest BCUT2D eigenvalue weighted by atomic mass is 10.1. The molecule has 1 heterocycles. The molecule has 24 heavy (non-hydrogen) atoms. The molecule has 0 bridgehead atoms. The fourth-order valence-corrected chi connectivity index (χ4v) is 2.87. The Morgan fingerprint density at radius 2 is 1.92 bits per heavy atom. The monoisotopic (exact) mass is 333 g/mol. The molecule has 1 unspecified atom stereocenters. The minimum Gasteiger partial charge on any atom is -0.491 e. The van der Waals surface area contributed by atoms with E-state index in [1.54, 1.807) is 6.07 Å². The highest BCUT2D eigenvalue weighted by Gasteiger charge is 2.12. The highest BCUT2D eigenvalue weighted by molar-refractivity contribution is 5.81. The van der Waals surface area contributed by atoms with Gasteiger partial charge in [-0.25, -0.2) is 4.79 Å². The van der Waals surface area contributed by atoms with Gasteiger partial charge >= 0.3 is 5.63 Å². The minimum absolute atomic E-state index is 0.214. The summed E-state index contributed by atoms with van der Waals surface area (Å²) in [6.45, 7) is 8.91. The Balaban J connectivity index is 1.98. The molecule has 0 amide bonds. The standard InChI is InChI=1S/C19H27NO4/c1-4-8-20(9-5-2)12-15(21)13-23-16-6-7-17-14(3)10-19(22)24-18(17)11-16/h6-7,10-11,15,21H,4-5,8-9,12-13H2,1-3H3. The predicted molar refractivity (Wildman–Crippen MR) is 95.7 cm³/mol. The van der Waals surface area contributed by atoms with Crippen molar-refractivity contribution in [2.45, 2.75) is 39.7 Å². The van der Waals surface area contributed by atoms with Gasteiger partial charge in [-0.3, -0.25) is 0 Å². The Morgan fingerprint density at radius 1 is 1.21 bits per heavy atom. The van der Waals surface area contributed by atoms with Gasteiger partial charge in [0, 0.05) is 24.1 Å². The van der Waals surface area contributed by atoms with E-state index in [4.69, 9.17) is 9.15 Å². The van der Waals surface area contributed by atoms with E-state index >= 15 is 0 Å². The second-order valence-corrected chi connectivity index (χ2v) is 6.17. The summed E-state index contributed by atoms with van der Waals surface area (Å²) < 4.78 is 10.9. The lowest BCUT2D eigenvalue weighted by Gasteiger charge is -2.24. The topological polar surface area (TPSA) is 62.9 Å². The van der Waals surface area contributed by atoms with Crippen molar-refractivity contribution >= 4 is 11.0 Å². The van der Waals surface area contributed by atoms with E-state index in [-0.39, 0.29) is 12.2 Å². The van der Waals surface area contributed by atoms with Gasteiger partial charge < -0.3 is 19.2 Å². The number of nitrogens with zero attached hydrogens (tertiary/aromatic N) is 1. The lowest BCUT2D eigenvalue weighted by molar-refractivity contribution is 0.0682. The van der Waals surface area contributed by atoms with Gasteiger partial charge in [0.25, 0.3) is 0 Å². The zero-order chi connectivity index (χ0) is 17.5. The molecule has 0 radical (unpaired) electrons. The van der Waals surface area contributed by atoms with Crippen LogP contribution in [0.3, 0.4) is 0 Å². The Kier molecular flexibility index (Phi) is 6.82. The van der Waals surface area contributed by atoms with Crippen molar-refractivity contribution < 1.29 is 14.3 Å². The number of aliphatic hydroxyl groups is 1. The first-order chi connectivity index (χ1) is 11.5. The van der Waals surface area contributed by atoms with E-state index in [9.17, 15) is 9.90 Å². The molecule has 0 fully saturated rings. The normalized spacial score (nSPS) is 12.7. The number of ether oxygens (including phenoxy) is 1. The van der Waals surface area contributed by atoms with Crippen LogP contribution in [-0.2, 0) is 0 Å². The van der Waals surface area contributed by atoms with Gasteiger partial charge in [-0.05, 0) is 50.6 Å². The number of hydrogen-bond acceptors (Lipinski definition) is 5. The zero-order valence-electron chi connectivity index (χ0n) is 14.7. The van der Waals surface area contributed by atoms with Crippen molar-refractivity contribution in [1.82, 2.24) is 4.90 Å². The third-order valence-electron chi connectivity index (χ3n) is 3.91. The van der Waals surface area contributed by atoms with Gasteiger partial charge in [0.05, 0.1) is 0 Å². The Hall–Kier alpha value is -1.85. The third-order valence-corrected chi connectivity index (χ3v) is 3.91. The number of fused-ring (bicyclic) bond motifs is 1. The molecule has 0 aliphatic rings. The molecule has 1 aromatic heterocycles. The van der Waals surface area contributed by atoms with Crippen molar-refractivity contribution in [2.75, 3.05) is 26.2 Å². The third kappa shape index (κ3) is 5.08. The van der Waals surface area contributed by atoms with Crippen LogP contribution in [0.4, 0.5) is 0 Å². The molecule has 2 rings (SSSR count). The highest BCUT2D eigenvalue weighted by atomic mass is 16.5. The Bertz CT molecular complexity index is 704. The van der Waals surface area contributed by atoms with Crippen LogP contribution in [0, 0.1) is 6.92 Å². The number of benzene rings is 1. The first-order valence-corrected chi connectivity index (χ1v) is 8.61. The number of rotatable bonds is 9. The summed E-state index contributed by atoms with van der Waals surface area (Å²) in [7, 11) is 0. The van der Waals surface area contributed by atoms with Crippen molar-refractivity contribution in [1.29, 1.82) is 0 Å². The van der Waals surface area contributed by atoms with E-state index < -0.39 is 6.10 Å². The van der Waals surface area contributed by atoms with Gasteiger partial charge in [0.15, 0.2) is 0 Å². The second-order valence-electron chi connectivity index (χ2n) is 6.17. The lowest BCUT2D eigenvalue weighted by Crippen LogP contribution is -2.36. The molecule has 1 aromatic carbocycles. The van der Waals surface area contributed by atoms with Gasteiger partial charge in [-0.1, -0.05) is 13.8 Å². The minimum atomic E-state index is -0.552. The fraction of sp³-hybridized carbons (Fsp3) is 0.526. The van der Waals surface area contributed by atoms with E-state index in [0.717, 1.165) is 36.9 Å². The maximum atomic E-state index is 11.5. The molecule has 132 valence electrons. The molecule has 1 atom stereocenters. The van der Waals surface area contributed by atoms with Crippen LogP contribution in [0.1, 0.15) is 32.3 Å². The van der Waals surface area contributed by atoms with Crippen molar-refractivity contribution in [3.05, 3.63) is 40.2 Å². The van der Waals surface area contributed by atoms with Crippen LogP contribution in [0.2, 0.25) is 0 Å². The maximum Gasteiger partial charge on any atom is 0.336 e. The summed E-state index contributed by atoms with van der Waals surface area (Å²) in [6.07, 6.45) is 1.58. The summed E-state index contributed by atoms with van der Waals surface area (Å²) in [5.41, 5.74) is 1.01. The molecule has 1 N–H and O–H groups in total. The summed E-state index contributed by atoms with van der Waals surface area (Å²) in [6, 6.07) is 6.88. The second kappa shape index (κ2) is 8.85. The van der Waals surface area contributed by atoms with E-state index in [1.807, 2.05) is 19.1 Å². The number of aliphatic hydroxyl groups excluding tert-OH is 1. The molecular weight excluding hydrogens is 306 g/mol. The first kappa shape index (κ1) is 18.5. The summed E-state index contributed by atoms with van der Waals surface area (Å²) in [5, 5.41) is 11.1. The SMILES string of the molecule is CCCN(CCC)CC(O)COc1ccc2c(C)cc(=O)oc2c1. The molecule has 0 saturated heterocycles. The molecule has 5 nitrogen and oxygen atoms in total. The number of hydrogen-bond donors (Lipinski definition) is 1. The van der Waals surface area contributed by atoms with Crippen molar-refractivity contribution in [3.8, 4) is 5.75 Å². The van der Waals surface area contributed by atoms with Crippen molar-refractivity contribution in [3.63, 3.8) is 0 Å². The molecule has 2 aromatic rings. The summed E-state index contributed by atoms with van der Waals surface area (Å²) in [4.78, 5) is 13.7. The van der Waals surface area contributed by atoms with E-state index in [0.29, 0.717) is 17.9 Å². The van der Waals surface area contributed by atoms with Crippen LogP contribution >= 0.6 is 0 Å².